The first-order chi connectivity index (χ1) is 26.8. The third-order valence-corrected chi connectivity index (χ3v) is 11.7. The molecule has 7 aromatic carbocycles. The average molecular weight is 753 g/mol. The molecule has 0 aliphatic rings. The maximum atomic E-state index is 14.1. The summed E-state index contributed by atoms with van der Waals surface area (Å²) in [5.41, 5.74) is 10.7. The van der Waals surface area contributed by atoms with Crippen LogP contribution in [0.4, 0.5) is 10.1 Å². The SMILES string of the molecule is CC(C)(C)c1ccc(O)c(C=Nc2c(-c3nc4c(-c5ccc(-c6ccc(F)cc6)c6c5oc5ccccc56)cc(C(C)(C)C)cc4s3)ccc3ccccc23)c1. The zero-order valence-corrected chi connectivity index (χ0v) is 33.1. The first kappa shape index (κ1) is 35.6. The second kappa shape index (κ2) is 13.3. The molecule has 0 atom stereocenters. The number of rotatable bonds is 5. The molecule has 9 rings (SSSR count). The summed E-state index contributed by atoms with van der Waals surface area (Å²) in [6, 6.07) is 41.7. The first-order valence-corrected chi connectivity index (χ1v) is 19.7. The molecule has 6 heteroatoms. The van der Waals surface area contributed by atoms with Crippen LogP contribution in [0.2, 0.25) is 0 Å². The highest BCUT2D eigenvalue weighted by Gasteiger charge is 2.24. The van der Waals surface area contributed by atoms with Gasteiger partial charge in [0.1, 0.15) is 27.7 Å². The van der Waals surface area contributed by atoms with Crippen molar-refractivity contribution in [2.75, 3.05) is 0 Å². The van der Waals surface area contributed by atoms with Crippen molar-refractivity contribution < 1.29 is 13.9 Å². The molecule has 0 saturated carbocycles. The van der Waals surface area contributed by atoms with E-state index in [4.69, 9.17) is 14.4 Å². The zero-order chi connectivity index (χ0) is 38.9. The number of nitrogens with zero attached hydrogens (tertiary/aromatic N) is 2. The van der Waals surface area contributed by atoms with E-state index in [9.17, 15) is 9.50 Å². The Morgan fingerprint density at radius 1 is 0.679 bits per heavy atom. The monoisotopic (exact) mass is 752 g/mol. The quantitative estimate of drug-likeness (QED) is 0.178. The van der Waals surface area contributed by atoms with Crippen molar-refractivity contribution in [3.8, 4) is 38.6 Å². The number of fused-ring (bicyclic) bond motifs is 5. The summed E-state index contributed by atoms with van der Waals surface area (Å²) in [6.07, 6.45) is 1.77. The van der Waals surface area contributed by atoms with E-state index in [2.05, 4.69) is 96.1 Å². The van der Waals surface area contributed by atoms with Crippen LogP contribution in [0.3, 0.4) is 0 Å². The third kappa shape index (κ3) is 6.24. The van der Waals surface area contributed by atoms with Crippen LogP contribution >= 0.6 is 11.3 Å². The van der Waals surface area contributed by atoms with Crippen LogP contribution < -0.4 is 0 Å². The first-order valence-electron chi connectivity index (χ1n) is 18.9. The molecule has 0 spiro atoms. The average Bonchev–Trinajstić information content (AvgIpc) is 3.79. The van der Waals surface area contributed by atoms with Gasteiger partial charge in [-0.2, -0.15) is 0 Å². The lowest BCUT2D eigenvalue weighted by Crippen LogP contribution is -2.11. The second-order valence-electron chi connectivity index (χ2n) is 16.6. The number of aromatic nitrogens is 1. The van der Waals surface area contributed by atoms with E-state index < -0.39 is 0 Å². The number of aromatic hydroxyl groups is 1. The number of hydrogen-bond donors (Lipinski definition) is 1. The number of phenols is 1. The fraction of sp³-hybridized carbons (Fsp3) is 0.160. The standard InChI is InChI=1S/C50H41FN2O2S/c1-49(2,3)32-18-24-41(54)31(25-32)28-52-45-36-12-8-7-11-29(36)17-21-39(45)48-53-46-40(26-33(50(4,5)6)27-43(46)56-48)37-23-22-35(30-15-19-34(51)20-16-30)44-38-13-9-10-14-42(38)55-47(37)44/h7-28,54H,1-6H3. The Labute approximate surface area is 329 Å². The smallest absolute Gasteiger partial charge is 0.143 e. The van der Waals surface area contributed by atoms with Gasteiger partial charge in [-0.1, -0.05) is 114 Å². The number of halogens is 1. The van der Waals surface area contributed by atoms with Gasteiger partial charge < -0.3 is 9.52 Å². The van der Waals surface area contributed by atoms with E-state index in [0.29, 0.717) is 5.56 Å². The van der Waals surface area contributed by atoms with Crippen LogP contribution in [0.1, 0.15) is 58.2 Å². The molecule has 0 fully saturated rings. The number of phenolic OH excluding ortho intramolecular Hbond substituents is 1. The van der Waals surface area contributed by atoms with Gasteiger partial charge in [0, 0.05) is 44.6 Å². The Balaban J connectivity index is 1.28. The van der Waals surface area contributed by atoms with E-state index in [1.165, 1.54) is 17.7 Å². The fourth-order valence-corrected chi connectivity index (χ4v) is 8.58. The number of hydrogen-bond acceptors (Lipinski definition) is 5. The number of aliphatic imine (C=N–C) groups is 1. The molecule has 0 aliphatic heterocycles. The normalized spacial score (nSPS) is 12.6. The van der Waals surface area contributed by atoms with Gasteiger partial charge in [0.05, 0.1) is 15.9 Å². The molecular formula is C50H41FN2O2S. The Bertz CT molecular complexity index is 3010. The van der Waals surface area contributed by atoms with Gasteiger partial charge >= 0.3 is 0 Å². The molecule has 0 bridgehead atoms. The minimum Gasteiger partial charge on any atom is -0.507 e. The highest BCUT2D eigenvalue weighted by Crippen LogP contribution is 2.47. The van der Waals surface area contributed by atoms with Crippen LogP contribution in [-0.2, 0) is 10.8 Å². The van der Waals surface area contributed by atoms with Crippen molar-refractivity contribution in [2.24, 2.45) is 4.99 Å². The van der Waals surface area contributed by atoms with Crippen molar-refractivity contribution in [3.05, 3.63) is 150 Å². The molecule has 0 radical (unpaired) electrons. The van der Waals surface area contributed by atoms with Gasteiger partial charge in [0.25, 0.3) is 0 Å². The van der Waals surface area contributed by atoms with Crippen LogP contribution in [0.25, 0.3) is 75.8 Å². The number of thiazole rings is 1. The van der Waals surface area contributed by atoms with Crippen LogP contribution in [0.5, 0.6) is 5.75 Å². The number of furan rings is 1. The maximum absolute atomic E-state index is 14.1. The molecule has 0 saturated heterocycles. The topological polar surface area (TPSA) is 58.6 Å². The summed E-state index contributed by atoms with van der Waals surface area (Å²) in [5.74, 6) is -0.0854. The molecule has 276 valence electrons. The maximum Gasteiger partial charge on any atom is 0.143 e. The van der Waals surface area contributed by atoms with Crippen LogP contribution in [0.15, 0.2) is 137 Å². The Morgan fingerprint density at radius 3 is 2.14 bits per heavy atom. The van der Waals surface area contributed by atoms with E-state index in [1.807, 2.05) is 54.6 Å². The van der Waals surface area contributed by atoms with Gasteiger partial charge in [-0.25, -0.2) is 9.37 Å². The fourth-order valence-electron chi connectivity index (χ4n) is 7.52. The van der Waals surface area contributed by atoms with Crippen LogP contribution in [0, 0.1) is 5.82 Å². The minimum atomic E-state index is -0.271. The summed E-state index contributed by atoms with van der Waals surface area (Å²) in [5, 5.41) is 15.8. The highest BCUT2D eigenvalue weighted by atomic mass is 32.1. The Kier molecular flexibility index (Phi) is 8.44. The molecule has 1 N–H and O–H groups in total. The molecular weight excluding hydrogens is 712 g/mol. The minimum absolute atomic E-state index is 0.0826. The number of para-hydroxylation sites is 1. The molecule has 0 aliphatic carbocycles. The Morgan fingerprint density at radius 2 is 1.38 bits per heavy atom. The number of benzene rings is 7. The predicted molar refractivity (Wildman–Crippen MR) is 233 cm³/mol. The zero-order valence-electron chi connectivity index (χ0n) is 32.2. The van der Waals surface area contributed by atoms with Crippen molar-refractivity contribution in [3.63, 3.8) is 0 Å². The molecule has 2 aromatic heterocycles. The molecule has 9 aromatic rings. The van der Waals surface area contributed by atoms with E-state index in [-0.39, 0.29) is 22.4 Å². The summed E-state index contributed by atoms with van der Waals surface area (Å²) in [4.78, 5) is 10.6. The van der Waals surface area contributed by atoms with Crippen molar-refractivity contribution >= 4 is 66.2 Å². The highest BCUT2D eigenvalue weighted by molar-refractivity contribution is 7.21. The van der Waals surface area contributed by atoms with Crippen molar-refractivity contribution in [1.82, 2.24) is 4.98 Å². The molecule has 2 heterocycles. The summed E-state index contributed by atoms with van der Waals surface area (Å²) < 4.78 is 21.8. The molecule has 56 heavy (non-hydrogen) atoms. The second-order valence-corrected chi connectivity index (χ2v) is 17.6. The lowest BCUT2D eigenvalue weighted by atomic mass is 9.84. The van der Waals surface area contributed by atoms with E-state index in [1.54, 1.807) is 23.6 Å². The molecule has 4 nitrogen and oxygen atoms in total. The van der Waals surface area contributed by atoms with E-state index in [0.717, 1.165) is 87.0 Å². The molecule has 0 unspecified atom stereocenters. The van der Waals surface area contributed by atoms with Gasteiger partial charge in [0.2, 0.25) is 0 Å². The lowest BCUT2D eigenvalue weighted by molar-refractivity contribution is 0.473. The lowest BCUT2D eigenvalue weighted by Gasteiger charge is -2.20. The van der Waals surface area contributed by atoms with Gasteiger partial charge in [0.15, 0.2) is 0 Å². The van der Waals surface area contributed by atoms with Crippen LogP contribution in [-0.4, -0.2) is 16.3 Å². The Hall–Kier alpha value is -6.11. The van der Waals surface area contributed by atoms with Gasteiger partial charge in [-0.3, -0.25) is 4.99 Å². The van der Waals surface area contributed by atoms with Crippen molar-refractivity contribution in [1.29, 1.82) is 0 Å². The predicted octanol–water partition coefficient (Wildman–Crippen LogP) is 14.5. The van der Waals surface area contributed by atoms with Gasteiger partial charge in [-0.05, 0) is 93.1 Å². The third-order valence-electron chi connectivity index (χ3n) is 10.7. The van der Waals surface area contributed by atoms with Gasteiger partial charge in [-0.15, -0.1) is 11.3 Å². The van der Waals surface area contributed by atoms with Crippen molar-refractivity contribution in [2.45, 2.75) is 52.4 Å². The summed E-state index contributed by atoms with van der Waals surface area (Å²) in [7, 11) is 0. The van der Waals surface area contributed by atoms with E-state index >= 15 is 0 Å². The largest absolute Gasteiger partial charge is 0.507 e. The summed E-state index contributed by atoms with van der Waals surface area (Å²) in [6.45, 7) is 13.2. The molecule has 0 amide bonds. The summed E-state index contributed by atoms with van der Waals surface area (Å²) >= 11 is 1.65.